The normalized spacial score (nSPS) is 10.6. The van der Waals surface area contributed by atoms with E-state index in [0.29, 0.717) is 0 Å². The van der Waals surface area contributed by atoms with Gasteiger partial charge in [0, 0.05) is 25.8 Å². The molecule has 0 saturated carbocycles. The monoisotopic (exact) mass is 341 g/mol. The number of benzene rings is 2. The summed E-state index contributed by atoms with van der Waals surface area (Å²) in [4.78, 5) is 2.39. The van der Waals surface area contributed by atoms with Gasteiger partial charge in [-0.2, -0.15) is 0 Å². The van der Waals surface area contributed by atoms with Crippen molar-refractivity contribution in [3.63, 3.8) is 0 Å². The van der Waals surface area contributed by atoms with E-state index in [2.05, 4.69) is 39.4 Å². The molecule has 0 aromatic heterocycles. The number of hydrogen-bond acceptors (Lipinski definition) is 2. The van der Waals surface area contributed by atoms with Crippen LogP contribution in [-0.4, -0.2) is 7.05 Å². The number of rotatable bonds is 4. The van der Waals surface area contributed by atoms with E-state index >= 15 is 0 Å². The average molecular weight is 343 g/mol. The molecule has 2 rings (SSSR count). The zero-order chi connectivity index (χ0) is 13.0. The van der Waals surface area contributed by atoms with E-state index in [9.17, 15) is 0 Å². The van der Waals surface area contributed by atoms with E-state index in [4.69, 9.17) is 11.6 Å². The van der Waals surface area contributed by atoms with Gasteiger partial charge in [-0.05, 0) is 42.9 Å². The van der Waals surface area contributed by atoms with Crippen LogP contribution in [0.5, 0.6) is 0 Å². The molecule has 0 unspecified atom stereocenters. The molecule has 0 amide bonds. The van der Waals surface area contributed by atoms with Crippen LogP contribution in [-0.2, 0) is 6.54 Å². The highest BCUT2D eigenvalue weighted by Crippen LogP contribution is 2.33. The smallest absolute Gasteiger partial charge is 0.0417 e. The Morgan fingerprint density at radius 1 is 1.22 bits per heavy atom. The first kappa shape index (κ1) is 13.9. The molecule has 0 atom stereocenters. The van der Waals surface area contributed by atoms with Gasteiger partial charge in [0.05, 0.1) is 0 Å². The molecule has 0 radical (unpaired) electrons. The molecule has 0 fully saturated rings. The Bertz CT molecular complexity index is 545. The minimum atomic E-state index is 0.771. The van der Waals surface area contributed by atoms with Crippen LogP contribution in [0.1, 0.15) is 5.56 Å². The Balaban J connectivity index is 2.29. The molecule has 1 N–H and O–H groups in total. The predicted molar refractivity (Wildman–Crippen MR) is 82.5 cm³/mol. The minimum Gasteiger partial charge on any atom is -0.316 e. The summed E-state index contributed by atoms with van der Waals surface area (Å²) < 4.78 is 1.09. The summed E-state index contributed by atoms with van der Waals surface area (Å²) in [6, 6.07) is 14.3. The predicted octanol–water partition coefficient (Wildman–Crippen LogP) is 4.97. The van der Waals surface area contributed by atoms with Gasteiger partial charge >= 0.3 is 0 Å². The topological polar surface area (TPSA) is 12.0 Å². The van der Waals surface area contributed by atoms with Gasteiger partial charge in [-0.1, -0.05) is 51.4 Å². The second-order valence-electron chi connectivity index (χ2n) is 3.84. The Morgan fingerprint density at radius 2 is 2.06 bits per heavy atom. The molecular weight excluding hydrogens is 330 g/mol. The molecule has 2 aromatic rings. The van der Waals surface area contributed by atoms with E-state index in [0.717, 1.165) is 16.0 Å². The fraction of sp³-hybridized carbons (Fsp3) is 0.143. The van der Waals surface area contributed by atoms with Crippen molar-refractivity contribution in [1.29, 1.82) is 0 Å². The summed E-state index contributed by atoms with van der Waals surface area (Å²) in [6.45, 7) is 0.841. The van der Waals surface area contributed by atoms with Crippen molar-refractivity contribution in [3.05, 3.63) is 57.5 Å². The summed E-state index contributed by atoms with van der Waals surface area (Å²) in [6.07, 6.45) is 0. The van der Waals surface area contributed by atoms with Crippen LogP contribution < -0.4 is 5.32 Å². The lowest BCUT2D eigenvalue weighted by atomic mass is 10.2. The lowest BCUT2D eigenvalue weighted by Gasteiger charge is -2.09. The van der Waals surface area contributed by atoms with E-state index in [1.807, 2.05) is 31.3 Å². The second-order valence-corrected chi connectivity index (χ2v) is 6.31. The van der Waals surface area contributed by atoms with Crippen molar-refractivity contribution in [1.82, 2.24) is 5.32 Å². The summed E-state index contributed by atoms with van der Waals surface area (Å²) in [5.41, 5.74) is 1.26. The van der Waals surface area contributed by atoms with Crippen LogP contribution in [0, 0.1) is 0 Å². The number of hydrogen-bond donors (Lipinski definition) is 1. The molecule has 94 valence electrons. The molecule has 0 bridgehead atoms. The molecule has 2 aromatic carbocycles. The van der Waals surface area contributed by atoms with Gasteiger partial charge in [0.2, 0.25) is 0 Å². The summed E-state index contributed by atoms with van der Waals surface area (Å²) in [5.74, 6) is 0. The van der Waals surface area contributed by atoms with Crippen molar-refractivity contribution in [2.45, 2.75) is 16.3 Å². The lowest BCUT2D eigenvalue weighted by Crippen LogP contribution is -2.05. The van der Waals surface area contributed by atoms with Gasteiger partial charge in [0.15, 0.2) is 0 Å². The van der Waals surface area contributed by atoms with E-state index in [1.54, 1.807) is 11.8 Å². The van der Waals surface area contributed by atoms with Gasteiger partial charge in [-0.25, -0.2) is 0 Å². The largest absolute Gasteiger partial charge is 0.316 e. The lowest BCUT2D eigenvalue weighted by molar-refractivity contribution is 0.803. The van der Waals surface area contributed by atoms with Gasteiger partial charge in [0.25, 0.3) is 0 Å². The molecule has 0 spiro atoms. The number of halogens is 2. The molecule has 0 aliphatic heterocycles. The van der Waals surface area contributed by atoms with Crippen LogP contribution in [0.3, 0.4) is 0 Å². The molecule has 0 aliphatic carbocycles. The van der Waals surface area contributed by atoms with E-state index in [1.165, 1.54) is 15.4 Å². The third-order valence-corrected chi connectivity index (χ3v) is 4.24. The molecular formula is C14H13BrClNS. The van der Waals surface area contributed by atoms with Gasteiger partial charge in [-0.15, -0.1) is 0 Å². The van der Waals surface area contributed by atoms with Crippen molar-refractivity contribution < 1.29 is 0 Å². The highest BCUT2D eigenvalue weighted by Gasteiger charge is 2.05. The first-order valence-electron chi connectivity index (χ1n) is 5.55. The SMILES string of the molecule is CNCc1ccc(Cl)cc1Sc1cccc(Br)c1. The number of nitrogens with one attached hydrogen (secondary N) is 1. The quantitative estimate of drug-likeness (QED) is 0.841. The zero-order valence-corrected chi connectivity index (χ0v) is 13.1. The standard InChI is InChI=1S/C14H13BrClNS/c1-17-9-10-5-6-12(16)8-14(10)18-13-4-2-3-11(15)7-13/h2-8,17H,9H2,1H3. The molecule has 1 nitrogen and oxygen atoms in total. The maximum absolute atomic E-state index is 6.07. The van der Waals surface area contributed by atoms with Crippen molar-refractivity contribution in [2.75, 3.05) is 7.05 Å². The van der Waals surface area contributed by atoms with Crippen molar-refractivity contribution >= 4 is 39.3 Å². The highest BCUT2D eigenvalue weighted by molar-refractivity contribution is 9.10. The summed E-state index contributed by atoms with van der Waals surface area (Å²) >= 11 is 11.3. The fourth-order valence-electron chi connectivity index (χ4n) is 1.62. The molecule has 0 aliphatic rings. The Morgan fingerprint density at radius 3 is 2.78 bits per heavy atom. The van der Waals surface area contributed by atoms with Gasteiger partial charge in [0.1, 0.15) is 0 Å². The van der Waals surface area contributed by atoms with E-state index < -0.39 is 0 Å². The Hall–Kier alpha value is -0.480. The van der Waals surface area contributed by atoms with Crippen LogP contribution in [0.4, 0.5) is 0 Å². The van der Waals surface area contributed by atoms with Crippen LogP contribution in [0.2, 0.25) is 5.02 Å². The van der Waals surface area contributed by atoms with Gasteiger partial charge in [-0.3, -0.25) is 0 Å². The van der Waals surface area contributed by atoms with Crippen molar-refractivity contribution in [3.8, 4) is 0 Å². The third kappa shape index (κ3) is 3.75. The van der Waals surface area contributed by atoms with E-state index in [-0.39, 0.29) is 0 Å². The molecule has 18 heavy (non-hydrogen) atoms. The molecule has 0 heterocycles. The Kier molecular flexibility index (Phi) is 5.13. The molecule has 0 saturated heterocycles. The molecule has 4 heteroatoms. The average Bonchev–Trinajstić information content (AvgIpc) is 2.33. The first-order valence-corrected chi connectivity index (χ1v) is 7.54. The van der Waals surface area contributed by atoms with Gasteiger partial charge < -0.3 is 5.32 Å². The minimum absolute atomic E-state index is 0.771. The maximum Gasteiger partial charge on any atom is 0.0417 e. The maximum atomic E-state index is 6.07. The van der Waals surface area contributed by atoms with Crippen LogP contribution in [0.25, 0.3) is 0 Å². The third-order valence-electron chi connectivity index (χ3n) is 2.42. The highest BCUT2D eigenvalue weighted by atomic mass is 79.9. The summed E-state index contributed by atoms with van der Waals surface area (Å²) in [5, 5.41) is 3.95. The Labute approximate surface area is 125 Å². The summed E-state index contributed by atoms with van der Waals surface area (Å²) in [7, 11) is 1.95. The second kappa shape index (κ2) is 6.62. The van der Waals surface area contributed by atoms with Crippen LogP contribution >= 0.6 is 39.3 Å². The van der Waals surface area contributed by atoms with Crippen LogP contribution in [0.15, 0.2) is 56.7 Å². The first-order chi connectivity index (χ1) is 8.69. The fourth-order valence-corrected chi connectivity index (χ4v) is 3.45. The zero-order valence-electron chi connectivity index (χ0n) is 9.91. The van der Waals surface area contributed by atoms with Crippen molar-refractivity contribution in [2.24, 2.45) is 0 Å².